The van der Waals surface area contributed by atoms with Gasteiger partial charge in [-0.05, 0) is 48.9 Å². The van der Waals surface area contributed by atoms with Crippen LogP contribution in [0.5, 0.6) is 17.2 Å². The maximum atomic E-state index is 11.4. The van der Waals surface area contributed by atoms with E-state index in [1.54, 1.807) is 31.4 Å². The number of carbonyl (C=O) groups is 1. The topological polar surface area (TPSA) is 63.2 Å². The van der Waals surface area contributed by atoms with E-state index in [9.17, 15) is 4.79 Å². The van der Waals surface area contributed by atoms with Gasteiger partial charge in [-0.2, -0.15) is 0 Å². The lowest BCUT2D eigenvalue weighted by Gasteiger charge is -2.12. The monoisotopic (exact) mass is 386 g/mol. The van der Waals surface area contributed by atoms with E-state index >= 15 is 0 Å². The second-order valence-corrected chi connectivity index (χ2v) is 5.74. The molecule has 6 heteroatoms. The Kier molecular flexibility index (Phi) is 8.88. The van der Waals surface area contributed by atoms with Crippen molar-refractivity contribution in [2.24, 2.45) is 0 Å². The molecule has 0 unspecified atom stereocenters. The van der Waals surface area contributed by atoms with Crippen LogP contribution in [0.3, 0.4) is 0 Å². The van der Waals surface area contributed by atoms with Crippen LogP contribution < -0.4 is 14.2 Å². The third-order valence-corrected chi connectivity index (χ3v) is 3.80. The van der Waals surface area contributed by atoms with E-state index in [1.807, 2.05) is 37.3 Å². The molecule has 0 bridgehead atoms. The van der Waals surface area contributed by atoms with E-state index in [0.717, 1.165) is 5.56 Å². The average molecular weight is 386 g/mol. The number of hydrogen-bond acceptors (Lipinski definition) is 6. The summed E-state index contributed by atoms with van der Waals surface area (Å²) in [7, 11) is 2.97. The molecule has 6 nitrogen and oxygen atoms in total. The molecular formula is C22H26O6. The predicted octanol–water partition coefficient (Wildman–Crippen LogP) is 3.99. The zero-order valence-corrected chi connectivity index (χ0v) is 16.5. The standard InChI is InChI=1S/C22H26O6/c1-4-5-17-6-11-20(21(16-17)24-2)28-15-13-26-12-14-27-19-9-7-18(8-10-19)22(23)25-3/h4-11,16H,12-15H2,1-3H3/b5-4+. The van der Waals surface area contributed by atoms with Gasteiger partial charge in [0.1, 0.15) is 19.0 Å². The van der Waals surface area contributed by atoms with Crippen LogP contribution >= 0.6 is 0 Å². The summed E-state index contributed by atoms with van der Waals surface area (Å²) in [6.07, 6.45) is 3.97. The van der Waals surface area contributed by atoms with E-state index < -0.39 is 0 Å². The van der Waals surface area contributed by atoms with E-state index in [4.69, 9.17) is 18.9 Å². The largest absolute Gasteiger partial charge is 0.493 e. The highest BCUT2D eigenvalue weighted by Crippen LogP contribution is 2.28. The van der Waals surface area contributed by atoms with Crippen LogP contribution in [-0.4, -0.2) is 46.6 Å². The summed E-state index contributed by atoms with van der Waals surface area (Å²) in [6.45, 7) is 3.64. The molecule has 0 aliphatic heterocycles. The highest BCUT2D eigenvalue weighted by Gasteiger charge is 2.06. The molecule has 0 aliphatic rings. The van der Waals surface area contributed by atoms with Gasteiger partial charge in [-0.3, -0.25) is 0 Å². The summed E-state index contributed by atoms with van der Waals surface area (Å²) in [6, 6.07) is 12.5. The summed E-state index contributed by atoms with van der Waals surface area (Å²) in [4.78, 5) is 11.4. The number of hydrogen-bond donors (Lipinski definition) is 0. The molecule has 0 N–H and O–H groups in total. The SMILES string of the molecule is C/C=C/c1ccc(OCCOCCOc2ccc(C(=O)OC)cc2)c(OC)c1. The van der Waals surface area contributed by atoms with Crippen LogP contribution in [0.4, 0.5) is 0 Å². The van der Waals surface area contributed by atoms with Gasteiger partial charge in [-0.15, -0.1) is 0 Å². The Hall–Kier alpha value is -2.99. The van der Waals surface area contributed by atoms with Crippen LogP contribution in [0.25, 0.3) is 6.08 Å². The number of benzene rings is 2. The van der Waals surface area contributed by atoms with Crippen molar-refractivity contribution < 1.29 is 28.5 Å². The second kappa shape index (κ2) is 11.7. The number of methoxy groups -OCH3 is 2. The molecule has 0 aliphatic carbocycles. The van der Waals surface area contributed by atoms with Crippen LogP contribution in [0.2, 0.25) is 0 Å². The lowest BCUT2D eigenvalue weighted by molar-refractivity contribution is 0.0600. The number of ether oxygens (including phenoxy) is 5. The van der Waals surface area contributed by atoms with Crippen LogP contribution in [-0.2, 0) is 9.47 Å². The minimum absolute atomic E-state index is 0.372. The van der Waals surface area contributed by atoms with Crippen molar-refractivity contribution in [1.29, 1.82) is 0 Å². The van der Waals surface area contributed by atoms with Crippen LogP contribution in [0.1, 0.15) is 22.8 Å². The maximum Gasteiger partial charge on any atom is 0.337 e. The molecule has 0 fully saturated rings. The van der Waals surface area contributed by atoms with Crippen molar-refractivity contribution in [1.82, 2.24) is 0 Å². The van der Waals surface area contributed by atoms with Crippen molar-refractivity contribution in [3.05, 3.63) is 59.7 Å². The first-order chi connectivity index (χ1) is 13.7. The lowest BCUT2D eigenvalue weighted by Crippen LogP contribution is -2.12. The maximum absolute atomic E-state index is 11.4. The Morgan fingerprint density at radius 1 is 0.893 bits per heavy atom. The summed E-state index contributed by atoms with van der Waals surface area (Å²) >= 11 is 0. The molecule has 2 aromatic carbocycles. The molecule has 0 spiro atoms. The van der Waals surface area contributed by atoms with E-state index in [1.165, 1.54) is 7.11 Å². The molecule has 0 aromatic heterocycles. The highest BCUT2D eigenvalue weighted by atomic mass is 16.6. The third-order valence-electron chi connectivity index (χ3n) is 3.80. The first-order valence-electron chi connectivity index (χ1n) is 9.00. The summed E-state index contributed by atoms with van der Waals surface area (Å²) < 4.78 is 26.8. The van der Waals surface area contributed by atoms with E-state index in [-0.39, 0.29) is 5.97 Å². The average Bonchev–Trinajstić information content (AvgIpc) is 2.73. The molecule has 0 amide bonds. The van der Waals surface area contributed by atoms with Crippen molar-refractivity contribution in [2.75, 3.05) is 40.6 Å². The molecule has 2 aromatic rings. The van der Waals surface area contributed by atoms with Gasteiger partial charge in [0.25, 0.3) is 0 Å². The van der Waals surface area contributed by atoms with Gasteiger partial charge >= 0.3 is 5.97 Å². The molecule has 0 saturated carbocycles. The summed E-state index contributed by atoms with van der Waals surface area (Å²) in [5.41, 5.74) is 1.54. The predicted molar refractivity (Wildman–Crippen MR) is 107 cm³/mol. The Morgan fingerprint density at radius 2 is 1.61 bits per heavy atom. The van der Waals surface area contributed by atoms with E-state index in [0.29, 0.717) is 49.2 Å². The second-order valence-electron chi connectivity index (χ2n) is 5.74. The molecule has 0 radical (unpaired) electrons. The van der Waals surface area contributed by atoms with Gasteiger partial charge in [0.15, 0.2) is 11.5 Å². The Labute approximate surface area is 165 Å². The van der Waals surface area contributed by atoms with Gasteiger partial charge in [-0.1, -0.05) is 18.2 Å². The van der Waals surface area contributed by atoms with E-state index in [2.05, 4.69) is 4.74 Å². The van der Waals surface area contributed by atoms with Gasteiger partial charge < -0.3 is 23.7 Å². The zero-order valence-electron chi connectivity index (χ0n) is 16.5. The van der Waals surface area contributed by atoms with Gasteiger partial charge in [0.2, 0.25) is 0 Å². The third kappa shape index (κ3) is 6.63. The molecule has 28 heavy (non-hydrogen) atoms. The van der Waals surface area contributed by atoms with Crippen molar-refractivity contribution in [3.63, 3.8) is 0 Å². The first kappa shape index (κ1) is 21.3. The molecule has 2 rings (SSSR count). The van der Waals surface area contributed by atoms with Gasteiger partial charge in [-0.25, -0.2) is 4.79 Å². The Bertz CT molecular complexity index is 767. The molecule has 0 atom stereocenters. The molecule has 150 valence electrons. The van der Waals surface area contributed by atoms with Crippen molar-refractivity contribution in [2.45, 2.75) is 6.92 Å². The Balaban J connectivity index is 1.65. The first-order valence-corrected chi connectivity index (χ1v) is 9.00. The minimum atomic E-state index is -0.372. The number of allylic oxidation sites excluding steroid dienone is 1. The fraction of sp³-hybridized carbons (Fsp3) is 0.318. The highest BCUT2D eigenvalue weighted by molar-refractivity contribution is 5.89. The zero-order chi connectivity index (χ0) is 20.2. The fourth-order valence-corrected chi connectivity index (χ4v) is 2.44. The number of carbonyl (C=O) groups excluding carboxylic acids is 1. The molecular weight excluding hydrogens is 360 g/mol. The van der Waals surface area contributed by atoms with Gasteiger partial charge in [0.05, 0.1) is 33.0 Å². The quantitative estimate of drug-likeness (QED) is 0.430. The van der Waals surface area contributed by atoms with Crippen molar-refractivity contribution in [3.8, 4) is 17.2 Å². The van der Waals surface area contributed by atoms with Crippen LogP contribution in [0, 0.1) is 0 Å². The van der Waals surface area contributed by atoms with Crippen LogP contribution in [0.15, 0.2) is 48.5 Å². The number of rotatable bonds is 11. The fourth-order valence-electron chi connectivity index (χ4n) is 2.44. The van der Waals surface area contributed by atoms with Gasteiger partial charge in [0, 0.05) is 0 Å². The summed E-state index contributed by atoms with van der Waals surface area (Å²) in [5, 5.41) is 0. The summed E-state index contributed by atoms with van der Waals surface area (Å²) in [5.74, 6) is 1.66. The lowest BCUT2D eigenvalue weighted by atomic mass is 10.2. The number of esters is 1. The van der Waals surface area contributed by atoms with Crippen molar-refractivity contribution >= 4 is 12.0 Å². The minimum Gasteiger partial charge on any atom is -0.493 e. The Morgan fingerprint density at radius 3 is 2.25 bits per heavy atom. The smallest absolute Gasteiger partial charge is 0.337 e. The molecule has 0 heterocycles. The molecule has 0 saturated heterocycles. The normalized spacial score (nSPS) is 10.7.